The van der Waals surface area contributed by atoms with Crippen molar-refractivity contribution in [1.29, 1.82) is 0 Å². The number of likely N-dealkylation sites (tertiary alicyclic amines) is 1. The van der Waals surface area contributed by atoms with E-state index in [2.05, 4.69) is 25.3 Å². The van der Waals surface area contributed by atoms with Crippen molar-refractivity contribution < 1.29 is 9.18 Å². The molecule has 1 fully saturated rings. The lowest BCUT2D eigenvalue weighted by molar-refractivity contribution is -0.131. The largest absolute Gasteiger partial charge is 0.356 e. The highest BCUT2D eigenvalue weighted by Gasteiger charge is 2.31. The molecule has 2 atom stereocenters. The quantitative estimate of drug-likeness (QED) is 0.663. The zero-order chi connectivity index (χ0) is 21.3. The number of aromatic nitrogens is 6. The number of hydrogen-bond donors (Lipinski definition) is 1. The van der Waals surface area contributed by atoms with Crippen molar-refractivity contribution in [3.63, 3.8) is 0 Å². The second-order valence-electron chi connectivity index (χ2n) is 7.37. The highest BCUT2D eigenvalue weighted by Crippen LogP contribution is 2.27. The van der Waals surface area contributed by atoms with Crippen LogP contribution in [0.2, 0.25) is 0 Å². The first-order chi connectivity index (χ1) is 14.5. The summed E-state index contributed by atoms with van der Waals surface area (Å²) in [6, 6.07) is -0.508. The molecule has 1 aliphatic rings. The van der Waals surface area contributed by atoms with Gasteiger partial charge in [-0.3, -0.25) is 4.79 Å². The summed E-state index contributed by atoms with van der Waals surface area (Å²) in [5, 5.41) is 3.22. The van der Waals surface area contributed by atoms with Gasteiger partial charge in [0, 0.05) is 25.5 Å². The molecule has 3 aromatic heterocycles. The van der Waals surface area contributed by atoms with Crippen molar-refractivity contribution >= 4 is 22.9 Å². The molecule has 4 heterocycles. The summed E-state index contributed by atoms with van der Waals surface area (Å²) >= 11 is 0. The third kappa shape index (κ3) is 3.69. The number of amides is 1. The number of anilines is 1. The van der Waals surface area contributed by atoms with E-state index in [1.54, 1.807) is 17.3 Å². The van der Waals surface area contributed by atoms with Crippen molar-refractivity contribution in [3.8, 4) is 11.4 Å². The van der Waals surface area contributed by atoms with Gasteiger partial charge in [0.25, 0.3) is 0 Å². The van der Waals surface area contributed by atoms with E-state index >= 15 is 0 Å². The van der Waals surface area contributed by atoms with Crippen molar-refractivity contribution in [3.05, 3.63) is 24.5 Å². The fourth-order valence-corrected chi connectivity index (χ4v) is 3.71. The van der Waals surface area contributed by atoms with E-state index in [-0.39, 0.29) is 12.5 Å². The monoisotopic (exact) mass is 412 g/mol. The van der Waals surface area contributed by atoms with Gasteiger partial charge in [-0.05, 0) is 26.7 Å². The van der Waals surface area contributed by atoms with Crippen LogP contribution in [0, 0.1) is 6.92 Å². The molecule has 1 N–H and O–H groups in total. The van der Waals surface area contributed by atoms with Gasteiger partial charge in [-0.15, -0.1) is 0 Å². The van der Waals surface area contributed by atoms with Gasteiger partial charge >= 0.3 is 0 Å². The maximum absolute atomic E-state index is 13.6. The van der Waals surface area contributed by atoms with E-state index < -0.39 is 12.2 Å². The molecule has 1 saturated heterocycles. The first kappa shape index (κ1) is 20.1. The highest BCUT2D eigenvalue weighted by atomic mass is 19.1. The Bertz CT molecular complexity index is 1050. The van der Waals surface area contributed by atoms with Crippen LogP contribution in [0.5, 0.6) is 0 Å². The van der Waals surface area contributed by atoms with Gasteiger partial charge in [-0.1, -0.05) is 6.92 Å². The van der Waals surface area contributed by atoms with Gasteiger partial charge in [-0.25, -0.2) is 29.3 Å². The van der Waals surface area contributed by atoms with Gasteiger partial charge < -0.3 is 14.8 Å². The SMILES string of the molecule is CCC(Nc1ncnc2c1nc(-c1cnc(C)nc1)n2CC)C(=O)N1CC[C@H](F)C1. The molecule has 0 spiro atoms. The molecule has 0 aromatic carbocycles. The molecule has 9 nitrogen and oxygen atoms in total. The molecular formula is C20H25FN8O. The minimum absolute atomic E-state index is 0.119. The van der Waals surface area contributed by atoms with Crippen LogP contribution < -0.4 is 5.32 Å². The summed E-state index contributed by atoms with van der Waals surface area (Å²) < 4.78 is 15.5. The van der Waals surface area contributed by atoms with E-state index in [1.165, 1.54) is 6.33 Å². The summed E-state index contributed by atoms with van der Waals surface area (Å²) in [7, 11) is 0. The fraction of sp³-hybridized carbons (Fsp3) is 0.500. The molecule has 1 unspecified atom stereocenters. The number of halogens is 1. The molecule has 0 saturated carbocycles. The lowest BCUT2D eigenvalue weighted by Crippen LogP contribution is -2.41. The van der Waals surface area contributed by atoms with Crippen molar-refractivity contribution in [2.75, 3.05) is 18.4 Å². The van der Waals surface area contributed by atoms with Crippen molar-refractivity contribution in [1.82, 2.24) is 34.4 Å². The Labute approximate surface area is 173 Å². The number of nitrogens with one attached hydrogen (secondary N) is 1. The van der Waals surface area contributed by atoms with Crippen LogP contribution in [-0.2, 0) is 11.3 Å². The first-order valence-corrected chi connectivity index (χ1v) is 10.2. The Hall–Kier alpha value is -3.17. The zero-order valence-corrected chi connectivity index (χ0v) is 17.3. The number of nitrogens with zero attached hydrogens (tertiary/aromatic N) is 7. The number of imidazole rings is 1. The average molecular weight is 412 g/mol. The summed E-state index contributed by atoms with van der Waals surface area (Å²) in [5.74, 6) is 1.74. The predicted octanol–water partition coefficient (Wildman–Crippen LogP) is 2.37. The second kappa shape index (κ2) is 8.29. The number of carbonyl (C=O) groups excluding carboxylic acids is 1. The third-order valence-electron chi connectivity index (χ3n) is 5.35. The molecule has 30 heavy (non-hydrogen) atoms. The van der Waals surface area contributed by atoms with E-state index in [0.29, 0.717) is 54.6 Å². The molecule has 10 heteroatoms. The molecule has 4 rings (SSSR count). The third-order valence-corrected chi connectivity index (χ3v) is 5.35. The number of aryl methyl sites for hydroxylation is 2. The van der Waals surface area contributed by atoms with Crippen LogP contribution in [0.15, 0.2) is 18.7 Å². The maximum Gasteiger partial charge on any atom is 0.245 e. The summed E-state index contributed by atoms with van der Waals surface area (Å²) in [6.07, 6.45) is 4.91. The average Bonchev–Trinajstić information content (AvgIpc) is 3.35. The van der Waals surface area contributed by atoms with Crippen LogP contribution in [0.4, 0.5) is 10.2 Å². The first-order valence-electron chi connectivity index (χ1n) is 10.2. The molecule has 0 bridgehead atoms. The van der Waals surface area contributed by atoms with Gasteiger partial charge in [0.1, 0.15) is 30.2 Å². The Morgan fingerprint density at radius 3 is 2.67 bits per heavy atom. The van der Waals surface area contributed by atoms with Gasteiger partial charge in [0.2, 0.25) is 5.91 Å². The van der Waals surface area contributed by atoms with E-state index in [9.17, 15) is 9.18 Å². The molecule has 0 aliphatic carbocycles. The second-order valence-corrected chi connectivity index (χ2v) is 7.37. The number of alkyl halides is 1. The highest BCUT2D eigenvalue weighted by molar-refractivity contribution is 5.90. The standard InChI is InChI=1S/C20H25FN8O/c1-4-15(20(30)28-7-6-14(21)10-28)26-17-16-19(25-11-24-17)29(5-2)18(27-16)13-8-22-12(3)23-9-13/h8-9,11,14-15H,4-7,10H2,1-3H3,(H,24,25,26)/t14-,15?/m0/s1. The molecule has 3 aromatic rings. The smallest absolute Gasteiger partial charge is 0.245 e. The minimum Gasteiger partial charge on any atom is -0.356 e. The van der Waals surface area contributed by atoms with Crippen LogP contribution in [0.1, 0.15) is 32.5 Å². The zero-order valence-electron chi connectivity index (χ0n) is 17.3. The fourth-order valence-electron chi connectivity index (χ4n) is 3.71. The lowest BCUT2D eigenvalue weighted by atomic mass is 10.2. The van der Waals surface area contributed by atoms with Crippen LogP contribution >= 0.6 is 0 Å². The van der Waals surface area contributed by atoms with E-state index in [1.807, 2.05) is 25.3 Å². The van der Waals surface area contributed by atoms with Crippen LogP contribution in [0.25, 0.3) is 22.6 Å². The van der Waals surface area contributed by atoms with Crippen molar-refractivity contribution in [2.45, 2.75) is 52.4 Å². The number of fused-ring (bicyclic) bond motifs is 1. The summed E-state index contributed by atoms with van der Waals surface area (Å²) in [5.41, 5.74) is 2.02. The minimum atomic E-state index is -0.947. The maximum atomic E-state index is 13.6. The van der Waals surface area contributed by atoms with E-state index in [0.717, 1.165) is 5.56 Å². The van der Waals surface area contributed by atoms with Crippen molar-refractivity contribution in [2.24, 2.45) is 0 Å². The van der Waals surface area contributed by atoms with Gasteiger partial charge in [0.05, 0.1) is 12.1 Å². The van der Waals surface area contributed by atoms with E-state index in [4.69, 9.17) is 4.98 Å². The van der Waals surface area contributed by atoms with Gasteiger partial charge in [-0.2, -0.15) is 0 Å². The molecule has 0 radical (unpaired) electrons. The number of rotatable bonds is 6. The molecule has 1 aliphatic heterocycles. The van der Waals surface area contributed by atoms with Gasteiger partial charge in [0.15, 0.2) is 17.0 Å². The topological polar surface area (TPSA) is 102 Å². The number of carbonyl (C=O) groups is 1. The Morgan fingerprint density at radius 1 is 1.27 bits per heavy atom. The Morgan fingerprint density at radius 2 is 2.03 bits per heavy atom. The molecule has 158 valence electrons. The Kier molecular flexibility index (Phi) is 5.56. The predicted molar refractivity (Wildman–Crippen MR) is 111 cm³/mol. The van der Waals surface area contributed by atoms with Crippen LogP contribution in [0.3, 0.4) is 0 Å². The van der Waals surface area contributed by atoms with Crippen LogP contribution in [-0.4, -0.2) is 65.6 Å². The number of hydrogen-bond acceptors (Lipinski definition) is 7. The summed E-state index contributed by atoms with van der Waals surface area (Å²) in [6.45, 7) is 6.99. The lowest BCUT2D eigenvalue weighted by Gasteiger charge is -2.23. The normalized spacial score (nSPS) is 17.5. The molecule has 1 amide bonds. The Balaban J connectivity index is 1.69. The summed E-state index contributed by atoms with van der Waals surface area (Å²) in [4.78, 5) is 36.4. The molecular weight excluding hydrogens is 387 g/mol.